The minimum atomic E-state index is -0.147. The first-order valence-corrected chi connectivity index (χ1v) is 8.40. The van der Waals surface area contributed by atoms with E-state index in [-0.39, 0.29) is 18.0 Å². The fourth-order valence-electron chi connectivity index (χ4n) is 3.01. The molecule has 134 valence electrons. The van der Waals surface area contributed by atoms with Crippen molar-refractivity contribution in [3.05, 3.63) is 52.5 Å². The highest BCUT2D eigenvalue weighted by molar-refractivity contribution is 5.76. The van der Waals surface area contributed by atoms with Crippen molar-refractivity contribution < 1.29 is 9.32 Å². The fraction of sp³-hybridized carbons (Fsp3) is 0.353. The molecule has 0 aliphatic carbocycles. The summed E-state index contributed by atoms with van der Waals surface area (Å²) in [5, 5.41) is 8.13. The first kappa shape index (κ1) is 16.2. The molecule has 0 saturated carbocycles. The largest absolute Gasteiger partial charge is 0.345 e. The first-order chi connectivity index (χ1) is 12.6. The monoisotopic (exact) mass is 354 g/mol. The van der Waals surface area contributed by atoms with E-state index in [1.54, 1.807) is 16.5 Å². The number of benzene rings is 1. The molecule has 1 amide bonds. The summed E-state index contributed by atoms with van der Waals surface area (Å²) in [5.74, 6) is 1.54. The topological polar surface area (TPSA) is 99.1 Å². The maximum absolute atomic E-state index is 12.5. The molecule has 3 heterocycles. The van der Waals surface area contributed by atoms with Gasteiger partial charge in [0.1, 0.15) is 0 Å². The Morgan fingerprint density at radius 1 is 1.23 bits per heavy atom. The maximum Gasteiger partial charge on any atom is 0.345 e. The number of aromatic nitrogens is 5. The van der Waals surface area contributed by atoms with Gasteiger partial charge >= 0.3 is 5.69 Å². The normalized spacial score (nSPS) is 13.7. The molecule has 0 unspecified atom stereocenters. The van der Waals surface area contributed by atoms with Crippen LogP contribution in [0.15, 0.2) is 39.6 Å². The van der Waals surface area contributed by atoms with Gasteiger partial charge in [0, 0.05) is 38.5 Å². The summed E-state index contributed by atoms with van der Waals surface area (Å²) in [5.41, 5.74) is 0.726. The average molecular weight is 354 g/mol. The van der Waals surface area contributed by atoms with Crippen LogP contribution in [0.4, 0.5) is 0 Å². The van der Waals surface area contributed by atoms with Gasteiger partial charge in [-0.05, 0) is 0 Å². The third-order valence-corrected chi connectivity index (χ3v) is 4.42. The lowest BCUT2D eigenvalue weighted by atomic mass is 10.2. The Labute approximate surface area is 148 Å². The molecule has 0 fully saturated rings. The van der Waals surface area contributed by atoms with Gasteiger partial charge in [0.25, 0.3) is 0 Å². The number of fused-ring (bicyclic) bond motifs is 1. The van der Waals surface area contributed by atoms with Gasteiger partial charge in [0.15, 0.2) is 5.82 Å². The Kier molecular flexibility index (Phi) is 4.11. The van der Waals surface area contributed by atoms with Crippen molar-refractivity contribution in [1.29, 1.82) is 0 Å². The minimum Gasteiger partial charge on any atom is -0.339 e. The van der Waals surface area contributed by atoms with E-state index in [9.17, 15) is 9.59 Å². The predicted molar refractivity (Wildman–Crippen MR) is 90.9 cm³/mol. The molecule has 9 nitrogen and oxygen atoms in total. The van der Waals surface area contributed by atoms with E-state index in [0.29, 0.717) is 43.6 Å². The zero-order chi connectivity index (χ0) is 18.1. The third kappa shape index (κ3) is 3.03. The number of carbonyl (C=O) groups is 1. The number of hydrogen-bond donors (Lipinski definition) is 0. The predicted octanol–water partition coefficient (Wildman–Crippen LogP) is 0.607. The van der Waals surface area contributed by atoms with Crippen LogP contribution in [0.25, 0.3) is 11.4 Å². The van der Waals surface area contributed by atoms with E-state index in [1.165, 1.54) is 4.68 Å². The summed E-state index contributed by atoms with van der Waals surface area (Å²) in [6.07, 6.45) is 0.650. The van der Waals surface area contributed by atoms with Crippen molar-refractivity contribution >= 4 is 5.91 Å². The third-order valence-electron chi connectivity index (χ3n) is 4.42. The minimum absolute atomic E-state index is 0.0196. The molecule has 3 aromatic rings. The van der Waals surface area contributed by atoms with Crippen LogP contribution in [-0.4, -0.2) is 41.8 Å². The molecule has 26 heavy (non-hydrogen) atoms. The second-order valence-corrected chi connectivity index (χ2v) is 6.17. The highest BCUT2D eigenvalue weighted by atomic mass is 16.5. The van der Waals surface area contributed by atoms with Crippen molar-refractivity contribution in [2.45, 2.75) is 25.9 Å². The van der Waals surface area contributed by atoms with Gasteiger partial charge in [0.2, 0.25) is 17.6 Å². The molecule has 0 bridgehead atoms. The summed E-state index contributed by atoms with van der Waals surface area (Å²) < 4.78 is 8.14. The zero-order valence-electron chi connectivity index (χ0n) is 14.3. The van der Waals surface area contributed by atoms with Gasteiger partial charge in [-0.15, -0.1) is 0 Å². The van der Waals surface area contributed by atoms with E-state index >= 15 is 0 Å². The van der Waals surface area contributed by atoms with E-state index in [2.05, 4.69) is 15.2 Å². The van der Waals surface area contributed by atoms with Crippen molar-refractivity contribution in [2.24, 2.45) is 7.05 Å². The molecule has 9 heteroatoms. The Morgan fingerprint density at radius 3 is 2.85 bits per heavy atom. The number of aryl methyl sites for hydroxylation is 2. The van der Waals surface area contributed by atoms with Gasteiger partial charge in [-0.2, -0.15) is 10.1 Å². The number of carbonyl (C=O) groups excluding carboxylic acids is 1. The maximum atomic E-state index is 12.5. The summed E-state index contributed by atoms with van der Waals surface area (Å²) in [6, 6.07) is 9.54. The van der Waals surface area contributed by atoms with Crippen LogP contribution >= 0.6 is 0 Å². The standard InChI is InChI=1S/C17H18N6O3/c1-21-17(25)23-10-9-22(11-13(23)19-21)15(24)8-7-14-18-16(20-26-14)12-5-3-2-4-6-12/h2-6H,7-11H2,1H3. The van der Waals surface area contributed by atoms with Gasteiger partial charge < -0.3 is 9.42 Å². The Hall–Kier alpha value is -3.23. The number of nitrogens with zero attached hydrogens (tertiary/aromatic N) is 6. The van der Waals surface area contributed by atoms with Crippen LogP contribution in [0.5, 0.6) is 0 Å². The molecule has 4 rings (SSSR count). The zero-order valence-corrected chi connectivity index (χ0v) is 14.3. The number of hydrogen-bond acceptors (Lipinski definition) is 6. The Bertz CT molecular complexity index is 988. The van der Waals surface area contributed by atoms with Crippen LogP contribution in [-0.2, 0) is 31.4 Å². The van der Waals surface area contributed by atoms with Crippen LogP contribution in [0, 0.1) is 0 Å². The van der Waals surface area contributed by atoms with Crippen molar-refractivity contribution in [1.82, 2.24) is 29.4 Å². The molecule has 0 radical (unpaired) electrons. The molecule has 1 aliphatic rings. The quantitative estimate of drug-likeness (QED) is 0.681. The first-order valence-electron chi connectivity index (χ1n) is 8.40. The fourth-order valence-corrected chi connectivity index (χ4v) is 3.01. The molecule has 0 saturated heterocycles. The summed E-state index contributed by atoms with van der Waals surface area (Å²) >= 11 is 0. The van der Waals surface area contributed by atoms with Gasteiger partial charge in [-0.25, -0.2) is 9.48 Å². The molecule has 1 aromatic carbocycles. The summed E-state index contributed by atoms with van der Waals surface area (Å²) in [7, 11) is 1.61. The van der Waals surface area contributed by atoms with E-state index < -0.39 is 0 Å². The lowest BCUT2D eigenvalue weighted by Gasteiger charge is -2.26. The van der Waals surface area contributed by atoms with Gasteiger partial charge in [0.05, 0.1) is 6.54 Å². The highest BCUT2D eigenvalue weighted by Gasteiger charge is 2.24. The molecular formula is C17H18N6O3. The van der Waals surface area contributed by atoms with Crippen LogP contribution in [0.3, 0.4) is 0 Å². The molecule has 0 spiro atoms. The van der Waals surface area contributed by atoms with Crippen LogP contribution in [0.1, 0.15) is 18.1 Å². The molecule has 0 atom stereocenters. The van der Waals surface area contributed by atoms with E-state index in [1.807, 2.05) is 30.3 Å². The lowest BCUT2D eigenvalue weighted by Crippen LogP contribution is -2.41. The Balaban J connectivity index is 1.37. The van der Waals surface area contributed by atoms with Crippen molar-refractivity contribution in [3.63, 3.8) is 0 Å². The Morgan fingerprint density at radius 2 is 2.04 bits per heavy atom. The van der Waals surface area contributed by atoms with Gasteiger partial charge in [-0.1, -0.05) is 35.5 Å². The molecular weight excluding hydrogens is 336 g/mol. The van der Waals surface area contributed by atoms with Gasteiger partial charge in [-0.3, -0.25) is 9.36 Å². The van der Waals surface area contributed by atoms with E-state index in [0.717, 1.165) is 5.56 Å². The summed E-state index contributed by atoms with van der Waals surface area (Å²) in [4.78, 5) is 30.4. The molecule has 2 aromatic heterocycles. The highest BCUT2D eigenvalue weighted by Crippen LogP contribution is 2.16. The van der Waals surface area contributed by atoms with Crippen molar-refractivity contribution in [2.75, 3.05) is 6.54 Å². The van der Waals surface area contributed by atoms with Crippen molar-refractivity contribution in [3.8, 4) is 11.4 Å². The lowest BCUT2D eigenvalue weighted by molar-refractivity contribution is -0.132. The van der Waals surface area contributed by atoms with E-state index in [4.69, 9.17) is 4.52 Å². The summed E-state index contributed by atoms with van der Waals surface area (Å²) in [6.45, 7) is 1.30. The molecule has 1 aliphatic heterocycles. The smallest absolute Gasteiger partial charge is 0.339 e. The number of amides is 1. The van der Waals surface area contributed by atoms with Crippen LogP contribution < -0.4 is 5.69 Å². The average Bonchev–Trinajstić information content (AvgIpc) is 3.25. The second-order valence-electron chi connectivity index (χ2n) is 6.17. The number of rotatable bonds is 4. The SMILES string of the molecule is Cn1nc2n(c1=O)CCN(C(=O)CCc1nc(-c3ccccc3)no1)C2. The van der Waals surface area contributed by atoms with Crippen LogP contribution in [0.2, 0.25) is 0 Å². The second kappa shape index (κ2) is 6.58. The molecule has 0 N–H and O–H groups in total.